The van der Waals surface area contributed by atoms with Crippen LogP contribution < -0.4 is 10.1 Å². The van der Waals surface area contributed by atoms with Crippen molar-refractivity contribution in [2.45, 2.75) is 26.8 Å². The minimum absolute atomic E-state index is 0.159. The van der Waals surface area contributed by atoms with E-state index in [4.69, 9.17) is 9.47 Å². The van der Waals surface area contributed by atoms with E-state index in [2.05, 4.69) is 21.2 Å². The van der Waals surface area contributed by atoms with Crippen LogP contribution in [0.25, 0.3) is 0 Å². The van der Waals surface area contributed by atoms with Gasteiger partial charge in [-0.2, -0.15) is 0 Å². The third kappa shape index (κ3) is 5.35. The molecule has 0 bridgehead atoms. The molecule has 25 heavy (non-hydrogen) atoms. The van der Waals surface area contributed by atoms with Crippen LogP contribution in [0.2, 0.25) is 0 Å². The zero-order valence-electron chi connectivity index (χ0n) is 14.4. The van der Waals surface area contributed by atoms with Crippen molar-refractivity contribution >= 4 is 33.5 Å². The Labute approximate surface area is 155 Å². The first-order valence-electron chi connectivity index (χ1n) is 7.98. The average molecular weight is 409 g/mol. The molecule has 1 heterocycles. The second-order valence-corrected chi connectivity index (χ2v) is 6.54. The van der Waals surface area contributed by atoms with Crippen LogP contribution in [-0.4, -0.2) is 29.7 Å². The van der Waals surface area contributed by atoms with Crippen LogP contribution in [0.3, 0.4) is 0 Å². The number of benzene rings is 1. The van der Waals surface area contributed by atoms with Gasteiger partial charge >= 0.3 is 5.97 Å². The number of carbonyl (C=O) groups is 2. The number of esters is 1. The summed E-state index contributed by atoms with van der Waals surface area (Å²) in [6, 6.07) is 8.81. The van der Waals surface area contributed by atoms with Gasteiger partial charge in [-0.25, -0.2) is 4.79 Å². The molecule has 1 N–H and O–H groups in total. The third-order valence-electron chi connectivity index (χ3n) is 3.36. The van der Waals surface area contributed by atoms with E-state index in [0.717, 1.165) is 4.47 Å². The lowest BCUT2D eigenvalue weighted by Gasteiger charge is -2.13. The number of nitrogens with one attached hydrogen (secondary N) is 1. The van der Waals surface area contributed by atoms with Crippen molar-refractivity contribution in [1.82, 2.24) is 4.57 Å². The number of halogens is 1. The van der Waals surface area contributed by atoms with Gasteiger partial charge < -0.3 is 19.4 Å². The standard InChI is InChI=1S/C18H21BrN2O4/c1-4-24-17(22)11-25-15-7-5-6-14(9-15)20-18(23)16-8-13(19)10-21(16)12(2)3/h5-10,12H,4,11H2,1-3H3,(H,20,23). The Balaban J connectivity index is 2.06. The molecule has 7 heteroatoms. The fraction of sp³-hybridized carbons (Fsp3) is 0.333. The molecule has 0 fully saturated rings. The number of rotatable bonds is 7. The maximum absolute atomic E-state index is 12.5. The topological polar surface area (TPSA) is 69.6 Å². The quantitative estimate of drug-likeness (QED) is 0.702. The predicted octanol–water partition coefficient (Wildman–Crippen LogP) is 4.03. The van der Waals surface area contributed by atoms with Gasteiger partial charge in [-0.05, 0) is 54.9 Å². The van der Waals surface area contributed by atoms with Crippen LogP contribution in [0.1, 0.15) is 37.3 Å². The van der Waals surface area contributed by atoms with Crippen molar-refractivity contribution in [1.29, 1.82) is 0 Å². The minimum atomic E-state index is -0.434. The normalized spacial score (nSPS) is 10.6. The van der Waals surface area contributed by atoms with Crippen LogP contribution in [0.4, 0.5) is 5.69 Å². The zero-order chi connectivity index (χ0) is 18.4. The van der Waals surface area contributed by atoms with Gasteiger partial charge in [0.25, 0.3) is 5.91 Å². The Bertz CT molecular complexity index is 755. The molecule has 0 saturated carbocycles. The van der Waals surface area contributed by atoms with Gasteiger partial charge in [0.15, 0.2) is 6.61 Å². The van der Waals surface area contributed by atoms with Crippen molar-refractivity contribution in [3.8, 4) is 5.75 Å². The summed E-state index contributed by atoms with van der Waals surface area (Å²) in [4.78, 5) is 23.9. The van der Waals surface area contributed by atoms with Gasteiger partial charge in [-0.15, -0.1) is 0 Å². The summed E-state index contributed by atoms with van der Waals surface area (Å²) in [6.07, 6.45) is 1.87. The molecule has 0 atom stereocenters. The van der Waals surface area contributed by atoms with E-state index >= 15 is 0 Å². The van der Waals surface area contributed by atoms with E-state index < -0.39 is 5.97 Å². The van der Waals surface area contributed by atoms with Gasteiger partial charge in [0, 0.05) is 28.5 Å². The number of carbonyl (C=O) groups excluding carboxylic acids is 2. The number of aromatic nitrogens is 1. The number of hydrogen-bond acceptors (Lipinski definition) is 4. The first kappa shape index (κ1) is 19.1. The van der Waals surface area contributed by atoms with Crippen molar-refractivity contribution in [3.63, 3.8) is 0 Å². The maximum atomic E-state index is 12.5. The van der Waals surface area contributed by atoms with Crippen LogP contribution >= 0.6 is 15.9 Å². The molecule has 0 unspecified atom stereocenters. The summed E-state index contributed by atoms with van der Waals surface area (Å²) in [7, 11) is 0. The lowest BCUT2D eigenvalue weighted by Crippen LogP contribution is -2.18. The summed E-state index contributed by atoms with van der Waals surface area (Å²) >= 11 is 3.40. The highest BCUT2D eigenvalue weighted by Gasteiger charge is 2.15. The fourth-order valence-corrected chi connectivity index (χ4v) is 2.70. The second-order valence-electron chi connectivity index (χ2n) is 5.62. The highest BCUT2D eigenvalue weighted by Crippen LogP contribution is 2.22. The summed E-state index contributed by atoms with van der Waals surface area (Å²) in [5.41, 5.74) is 1.14. The Morgan fingerprint density at radius 1 is 1.28 bits per heavy atom. The van der Waals surface area contributed by atoms with Gasteiger partial charge in [0.2, 0.25) is 0 Å². The molecule has 2 rings (SSSR count). The molecular formula is C18H21BrN2O4. The van der Waals surface area contributed by atoms with E-state index in [1.807, 2.05) is 24.6 Å². The number of amides is 1. The first-order chi connectivity index (χ1) is 11.9. The van der Waals surface area contributed by atoms with E-state index in [0.29, 0.717) is 23.7 Å². The molecule has 1 aromatic carbocycles. The number of nitrogens with zero attached hydrogens (tertiary/aromatic N) is 1. The Hall–Kier alpha value is -2.28. The van der Waals surface area contributed by atoms with Gasteiger partial charge in [0.1, 0.15) is 11.4 Å². The molecule has 1 amide bonds. The molecular weight excluding hydrogens is 388 g/mol. The third-order valence-corrected chi connectivity index (χ3v) is 3.79. The Morgan fingerprint density at radius 2 is 2.04 bits per heavy atom. The van der Waals surface area contributed by atoms with Gasteiger partial charge in [-0.3, -0.25) is 4.79 Å². The molecule has 0 saturated heterocycles. The SMILES string of the molecule is CCOC(=O)COc1cccc(NC(=O)c2cc(Br)cn2C(C)C)c1. The Kier molecular flexibility index (Phi) is 6.64. The largest absolute Gasteiger partial charge is 0.482 e. The zero-order valence-corrected chi connectivity index (χ0v) is 16.0. The van der Waals surface area contributed by atoms with E-state index in [-0.39, 0.29) is 18.6 Å². The smallest absolute Gasteiger partial charge is 0.344 e. The van der Waals surface area contributed by atoms with E-state index in [1.165, 1.54) is 0 Å². The number of hydrogen-bond donors (Lipinski definition) is 1. The van der Waals surface area contributed by atoms with E-state index in [1.54, 1.807) is 37.3 Å². The van der Waals surface area contributed by atoms with Crippen LogP contribution in [0.5, 0.6) is 5.75 Å². The molecule has 0 aliphatic heterocycles. The van der Waals surface area contributed by atoms with Gasteiger partial charge in [0.05, 0.1) is 6.61 Å². The van der Waals surface area contributed by atoms with Crippen molar-refractivity contribution in [3.05, 3.63) is 46.7 Å². The molecule has 2 aromatic rings. The Morgan fingerprint density at radius 3 is 2.72 bits per heavy atom. The average Bonchev–Trinajstić information content (AvgIpc) is 2.96. The monoisotopic (exact) mass is 408 g/mol. The second kappa shape index (κ2) is 8.71. The molecule has 0 radical (unpaired) electrons. The minimum Gasteiger partial charge on any atom is -0.482 e. The number of ether oxygens (including phenoxy) is 2. The molecule has 0 spiro atoms. The first-order valence-corrected chi connectivity index (χ1v) is 8.77. The van der Waals surface area contributed by atoms with E-state index in [9.17, 15) is 9.59 Å². The van der Waals surface area contributed by atoms with Gasteiger partial charge in [-0.1, -0.05) is 6.07 Å². The highest BCUT2D eigenvalue weighted by molar-refractivity contribution is 9.10. The number of anilines is 1. The molecule has 6 nitrogen and oxygen atoms in total. The van der Waals surface area contributed by atoms with Crippen LogP contribution in [0.15, 0.2) is 41.0 Å². The van der Waals surface area contributed by atoms with Crippen molar-refractivity contribution in [2.75, 3.05) is 18.5 Å². The summed E-state index contributed by atoms with van der Waals surface area (Å²) < 4.78 is 12.9. The molecule has 1 aromatic heterocycles. The lowest BCUT2D eigenvalue weighted by molar-refractivity contribution is -0.145. The molecule has 134 valence electrons. The van der Waals surface area contributed by atoms with Crippen LogP contribution in [0, 0.1) is 0 Å². The summed E-state index contributed by atoms with van der Waals surface area (Å²) in [5.74, 6) is -0.176. The van der Waals surface area contributed by atoms with Crippen molar-refractivity contribution in [2.24, 2.45) is 0 Å². The fourth-order valence-electron chi connectivity index (χ4n) is 2.26. The van der Waals surface area contributed by atoms with Crippen molar-refractivity contribution < 1.29 is 19.1 Å². The highest BCUT2D eigenvalue weighted by atomic mass is 79.9. The predicted molar refractivity (Wildman–Crippen MR) is 99.0 cm³/mol. The summed E-state index contributed by atoms with van der Waals surface area (Å²) in [5, 5.41) is 2.84. The van der Waals surface area contributed by atoms with Crippen LogP contribution in [-0.2, 0) is 9.53 Å². The molecule has 0 aliphatic carbocycles. The lowest BCUT2D eigenvalue weighted by atomic mass is 10.2. The molecule has 0 aliphatic rings. The maximum Gasteiger partial charge on any atom is 0.344 e. The summed E-state index contributed by atoms with van der Waals surface area (Å²) in [6.45, 7) is 5.89.